The Morgan fingerprint density at radius 3 is 2.79 bits per heavy atom. The van der Waals surface area contributed by atoms with Crippen LogP contribution in [0, 0.1) is 0 Å². The van der Waals surface area contributed by atoms with Crippen LogP contribution >= 0.6 is 0 Å². The maximum Gasteiger partial charge on any atom is 0.193 e. The van der Waals surface area contributed by atoms with Gasteiger partial charge in [0.2, 0.25) is 0 Å². The largest absolute Gasteiger partial charge is 0.508 e. The van der Waals surface area contributed by atoms with E-state index in [0.717, 1.165) is 5.69 Å². The summed E-state index contributed by atoms with van der Waals surface area (Å²) in [7, 11) is 0. The number of hydrogen-bond donors (Lipinski definition) is 1. The quantitative estimate of drug-likeness (QED) is 0.740. The van der Waals surface area contributed by atoms with Crippen LogP contribution in [-0.2, 0) is 0 Å². The Balaban J connectivity index is 2.48. The zero-order chi connectivity index (χ0) is 10.3. The summed E-state index contributed by atoms with van der Waals surface area (Å²) in [5.41, 5.74) is 0.961. The molecule has 1 aromatic rings. The fourth-order valence-electron chi connectivity index (χ4n) is 1.66. The molecule has 0 bridgehead atoms. The third kappa shape index (κ3) is 1.21. The van der Waals surface area contributed by atoms with E-state index < -0.39 is 0 Å². The van der Waals surface area contributed by atoms with Crippen LogP contribution in [-0.4, -0.2) is 11.1 Å². The number of phenols is 1. The normalized spacial score (nSPS) is 14.5. The van der Waals surface area contributed by atoms with Gasteiger partial charge in [-0.25, -0.2) is 0 Å². The lowest BCUT2D eigenvalue weighted by Crippen LogP contribution is -2.27. The summed E-state index contributed by atoms with van der Waals surface area (Å²) >= 11 is 0. The molecule has 0 spiro atoms. The molecule has 74 valence electrons. The molecular weight excluding hydrogens is 178 g/mol. The van der Waals surface area contributed by atoms with E-state index in [2.05, 4.69) is 20.4 Å². The molecule has 0 atom stereocenters. The summed E-state index contributed by atoms with van der Waals surface area (Å²) in [4.78, 5) is 1.99. The van der Waals surface area contributed by atoms with Crippen LogP contribution in [0.3, 0.4) is 0 Å². The van der Waals surface area contributed by atoms with E-state index in [1.54, 1.807) is 12.1 Å². The summed E-state index contributed by atoms with van der Waals surface area (Å²) < 4.78 is 5.43. The second-order valence-electron chi connectivity index (χ2n) is 3.61. The molecule has 3 nitrogen and oxygen atoms in total. The number of benzene rings is 1. The van der Waals surface area contributed by atoms with E-state index in [0.29, 0.717) is 17.7 Å². The van der Waals surface area contributed by atoms with Gasteiger partial charge in [0.1, 0.15) is 5.75 Å². The third-order valence-corrected chi connectivity index (χ3v) is 2.22. The van der Waals surface area contributed by atoms with Gasteiger partial charge >= 0.3 is 0 Å². The van der Waals surface area contributed by atoms with E-state index in [1.165, 1.54) is 0 Å². The maximum absolute atomic E-state index is 9.28. The Morgan fingerprint density at radius 1 is 1.43 bits per heavy atom. The number of aromatic hydroxyl groups is 1. The van der Waals surface area contributed by atoms with Crippen molar-refractivity contribution in [3.05, 3.63) is 30.7 Å². The molecule has 0 saturated heterocycles. The number of nitrogens with zero attached hydrogens (tertiary/aromatic N) is 1. The van der Waals surface area contributed by atoms with Crippen molar-refractivity contribution in [2.45, 2.75) is 19.9 Å². The lowest BCUT2D eigenvalue weighted by Gasteiger charge is -2.21. The van der Waals surface area contributed by atoms with Crippen molar-refractivity contribution in [2.24, 2.45) is 0 Å². The molecule has 0 radical (unpaired) electrons. The number of anilines is 1. The van der Waals surface area contributed by atoms with E-state index in [-0.39, 0.29) is 5.75 Å². The highest BCUT2D eigenvalue weighted by Gasteiger charge is 2.26. The average molecular weight is 191 g/mol. The van der Waals surface area contributed by atoms with Crippen LogP contribution in [0.5, 0.6) is 11.5 Å². The summed E-state index contributed by atoms with van der Waals surface area (Å²) in [6.07, 6.45) is 0. The number of ether oxygens (including phenoxy) is 1. The Kier molecular flexibility index (Phi) is 1.88. The molecule has 1 aliphatic rings. The van der Waals surface area contributed by atoms with Crippen LogP contribution < -0.4 is 9.64 Å². The van der Waals surface area contributed by atoms with Crippen LogP contribution in [0.25, 0.3) is 0 Å². The molecule has 1 N–H and O–H groups in total. The van der Waals surface area contributed by atoms with Gasteiger partial charge in [-0.1, -0.05) is 0 Å². The van der Waals surface area contributed by atoms with Gasteiger partial charge in [0.25, 0.3) is 0 Å². The van der Waals surface area contributed by atoms with E-state index >= 15 is 0 Å². The summed E-state index contributed by atoms with van der Waals surface area (Å²) in [6, 6.07) is 5.38. The summed E-state index contributed by atoms with van der Waals surface area (Å²) in [5.74, 6) is 1.49. The Hall–Kier alpha value is -1.64. The lowest BCUT2D eigenvalue weighted by atomic mass is 10.2. The van der Waals surface area contributed by atoms with Gasteiger partial charge in [-0.15, -0.1) is 0 Å². The van der Waals surface area contributed by atoms with Crippen molar-refractivity contribution in [2.75, 3.05) is 4.90 Å². The molecule has 3 heteroatoms. The zero-order valence-electron chi connectivity index (χ0n) is 8.32. The fourth-order valence-corrected chi connectivity index (χ4v) is 1.66. The molecule has 2 rings (SSSR count). The van der Waals surface area contributed by atoms with Crippen molar-refractivity contribution in [3.63, 3.8) is 0 Å². The number of hydrogen-bond acceptors (Lipinski definition) is 3. The first kappa shape index (κ1) is 8.94. The van der Waals surface area contributed by atoms with E-state index in [4.69, 9.17) is 4.74 Å². The minimum atomic E-state index is 0.210. The average Bonchev–Trinajstić information content (AvgIpc) is 2.39. The molecule has 14 heavy (non-hydrogen) atoms. The molecule has 0 aromatic heterocycles. The Bertz CT molecular complexity index is 385. The third-order valence-electron chi connectivity index (χ3n) is 2.22. The lowest BCUT2D eigenvalue weighted by molar-refractivity contribution is 0.427. The van der Waals surface area contributed by atoms with Crippen molar-refractivity contribution in [1.82, 2.24) is 0 Å². The van der Waals surface area contributed by atoms with Crippen LogP contribution in [0.4, 0.5) is 5.69 Å². The molecule has 1 aromatic carbocycles. The van der Waals surface area contributed by atoms with Gasteiger partial charge in [-0.3, -0.25) is 0 Å². The highest BCUT2D eigenvalue weighted by atomic mass is 16.5. The Morgan fingerprint density at radius 2 is 2.14 bits per heavy atom. The Labute approximate surface area is 83.2 Å². The molecule has 1 heterocycles. The van der Waals surface area contributed by atoms with Gasteiger partial charge in [0, 0.05) is 12.1 Å². The molecule has 0 aliphatic carbocycles. The second-order valence-corrected chi connectivity index (χ2v) is 3.61. The smallest absolute Gasteiger partial charge is 0.193 e. The minimum Gasteiger partial charge on any atom is -0.508 e. The second kappa shape index (κ2) is 2.94. The number of rotatable bonds is 1. The predicted molar refractivity (Wildman–Crippen MR) is 55.5 cm³/mol. The summed E-state index contributed by atoms with van der Waals surface area (Å²) in [6.45, 7) is 7.96. The van der Waals surface area contributed by atoms with Crippen LogP contribution in [0.1, 0.15) is 13.8 Å². The first-order valence-electron chi connectivity index (χ1n) is 4.58. The predicted octanol–water partition coefficient (Wildman–Crippen LogP) is 2.47. The molecule has 0 amide bonds. The fraction of sp³-hybridized carbons (Fsp3) is 0.273. The van der Waals surface area contributed by atoms with Gasteiger partial charge in [-0.2, -0.15) is 0 Å². The highest BCUT2D eigenvalue weighted by Crippen LogP contribution is 2.41. The maximum atomic E-state index is 9.28. The standard InChI is InChI=1S/C11H13NO2/c1-7(2)12-8(3)14-11-6-9(13)4-5-10(11)12/h4-7,13H,3H2,1-2H3. The minimum absolute atomic E-state index is 0.210. The molecule has 1 aliphatic heterocycles. The molecule has 0 fully saturated rings. The zero-order valence-corrected chi connectivity index (χ0v) is 8.32. The van der Waals surface area contributed by atoms with Crippen molar-refractivity contribution in [3.8, 4) is 11.5 Å². The van der Waals surface area contributed by atoms with Crippen LogP contribution in [0.2, 0.25) is 0 Å². The SMILES string of the molecule is C=C1Oc2cc(O)ccc2N1C(C)C. The molecular formula is C11H13NO2. The van der Waals surface area contributed by atoms with Gasteiger partial charge in [0.15, 0.2) is 11.6 Å². The van der Waals surface area contributed by atoms with Gasteiger partial charge in [0.05, 0.1) is 5.69 Å². The first-order chi connectivity index (χ1) is 6.59. The summed E-state index contributed by atoms with van der Waals surface area (Å²) in [5, 5.41) is 9.28. The first-order valence-corrected chi connectivity index (χ1v) is 4.58. The molecule has 0 unspecified atom stereocenters. The van der Waals surface area contributed by atoms with E-state index in [9.17, 15) is 5.11 Å². The number of phenolic OH excluding ortho intramolecular Hbond substituents is 1. The number of fused-ring (bicyclic) bond motifs is 1. The van der Waals surface area contributed by atoms with Gasteiger partial charge < -0.3 is 14.7 Å². The highest BCUT2D eigenvalue weighted by molar-refractivity contribution is 5.68. The molecule has 0 saturated carbocycles. The van der Waals surface area contributed by atoms with Crippen molar-refractivity contribution >= 4 is 5.69 Å². The van der Waals surface area contributed by atoms with E-state index in [1.807, 2.05) is 11.0 Å². The van der Waals surface area contributed by atoms with Crippen molar-refractivity contribution in [1.29, 1.82) is 0 Å². The van der Waals surface area contributed by atoms with Gasteiger partial charge in [-0.05, 0) is 32.6 Å². The monoisotopic (exact) mass is 191 g/mol. The topological polar surface area (TPSA) is 32.7 Å². The van der Waals surface area contributed by atoms with Crippen molar-refractivity contribution < 1.29 is 9.84 Å². The van der Waals surface area contributed by atoms with Crippen LogP contribution in [0.15, 0.2) is 30.7 Å².